The van der Waals surface area contributed by atoms with E-state index < -0.39 is 0 Å². The lowest BCUT2D eigenvalue weighted by molar-refractivity contribution is 0.816. The lowest BCUT2D eigenvalue weighted by Crippen LogP contribution is -1.92. The van der Waals surface area contributed by atoms with Gasteiger partial charge in [-0.1, -0.05) is 31.7 Å². The van der Waals surface area contributed by atoms with Crippen molar-refractivity contribution in [3.63, 3.8) is 0 Å². The van der Waals surface area contributed by atoms with Crippen molar-refractivity contribution in [2.24, 2.45) is 10.9 Å². The second-order valence-corrected chi connectivity index (χ2v) is 3.96. The van der Waals surface area contributed by atoms with E-state index in [1.807, 2.05) is 14.0 Å². The number of nitrogens with zero attached hydrogens (tertiary/aromatic N) is 1. The minimum Gasteiger partial charge on any atom is -0.286 e. The van der Waals surface area contributed by atoms with Gasteiger partial charge in [-0.25, -0.2) is 0 Å². The maximum atomic E-state index is 4.10. The molecule has 0 rings (SSSR count). The molecule has 0 N–H and O–H groups in total. The van der Waals surface area contributed by atoms with E-state index in [0.717, 1.165) is 5.04 Å². The lowest BCUT2D eigenvalue weighted by Gasteiger charge is -2.08. The maximum absolute atomic E-state index is 4.10. The molecule has 0 fully saturated rings. The van der Waals surface area contributed by atoms with E-state index in [1.165, 1.54) is 4.91 Å². The predicted octanol–water partition coefficient (Wildman–Crippen LogP) is 3.33. The molecule has 2 heteroatoms. The Kier molecular flexibility index (Phi) is 5.30. The summed E-state index contributed by atoms with van der Waals surface area (Å²) in [4.78, 5) is 5.49. The van der Waals surface area contributed by atoms with E-state index in [0.29, 0.717) is 5.92 Å². The van der Waals surface area contributed by atoms with Gasteiger partial charge >= 0.3 is 0 Å². The van der Waals surface area contributed by atoms with E-state index in [2.05, 4.69) is 31.8 Å². The fourth-order valence-corrected chi connectivity index (χ4v) is 1.51. The molecule has 0 aliphatic rings. The smallest absolute Gasteiger partial charge is 0.0685 e. The molecule has 0 radical (unpaired) electrons. The Morgan fingerprint density at radius 1 is 1.45 bits per heavy atom. The molecule has 11 heavy (non-hydrogen) atoms. The van der Waals surface area contributed by atoms with Gasteiger partial charge in [-0.15, -0.1) is 0 Å². The van der Waals surface area contributed by atoms with Gasteiger partial charge < -0.3 is 0 Å². The highest BCUT2D eigenvalue weighted by molar-refractivity contribution is 8.17. The minimum atomic E-state index is 0.613. The molecule has 0 aromatic heterocycles. The summed E-state index contributed by atoms with van der Waals surface area (Å²) >= 11 is 1.76. The molecular weight excluding hydrogens is 154 g/mol. The highest BCUT2D eigenvalue weighted by Gasteiger charge is 2.03. The molecule has 0 bridgehead atoms. The van der Waals surface area contributed by atoms with Gasteiger partial charge in [-0.05, 0) is 24.7 Å². The van der Waals surface area contributed by atoms with Gasteiger partial charge in [0, 0.05) is 7.05 Å². The van der Waals surface area contributed by atoms with Crippen LogP contribution in [0.1, 0.15) is 27.7 Å². The molecular formula is C9H17NS. The van der Waals surface area contributed by atoms with Crippen molar-refractivity contribution in [3.05, 3.63) is 11.0 Å². The second kappa shape index (κ2) is 5.42. The normalized spacial score (nSPS) is 14.4. The zero-order chi connectivity index (χ0) is 8.85. The van der Waals surface area contributed by atoms with Crippen LogP contribution in [0.3, 0.4) is 0 Å². The summed E-state index contributed by atoms with van der Waals surface area (Å²) in [7, 11) is 1.83. The first-order valence-electron chi connectivity index (χ1n) is 3.89. The molecule has 0 unspecified atom stereocenters. The third-order valence-corrected chi connectivity index (χ3v) is 2.85. The fourth-order valence-electron chi connectivity index (χ4n) is 0.726. The van der Waals surface area contributed by atoms with Gasteiger partial charge in [0.15, 0.2) is 0 Å². The molecule has 0 heterocycles. The number of thioether (sulfide) groups is 1. The standard InChI is InChI=1S/C9H17NS/c1-6-9(7(2)3)11-8(4)10-5/h6-7H,1-5H3/b9-6?,10-8-. The molecule has 64 valence electrons. The number of aliphatic imine (C=N–C) groups is 1. The SMILES string of the molecule is CC=C(S/C(C)=N\C)C(C)C. The molecule has 0 aliphatic heterocycles. The summed E-state index contributed by atoms with van der Waals surface area (Å²) < 4.78 is 0. The first-order chi connectivity index (χ1) is 5.11. The van der Waals surface area contributed by atoms with E-state index in [1.54, 1.807) is 11.8 Å². The zero-order valence-electron chi connectivity index (χ0n) is 8.01. The van der Waals surface area contributed by atoms with E-state index in [9.17, 15) is 0 Å². The number of allylic oxidation sites excluding steroid dienone is 2. The third-order valence-electron chi connectivity index (χ3n) is 1.43. The van der Waals surface area contributed by atoms with Gasteiger partial charge in [0.2, 0.25) is 0 Å². The van der Waals surface area contributed by atoms with Crippen molar-refractivity contribution in [2.75, 3.05) is 7.05 Å². The predicted molar refractivity (Wildman–Crippen MR) is 55.2 cm³/mol. The first-order valence-corrected chi connectivity index (χ1v) is 4.70. The van der Waals surface area contributed by atoms with Crippen LogP contribution in [0.4, 0.5) is 0 Å². The monoisotopic (exact) mass is 171 g/mol. The Hall–Kier alpha value is -0.240. The van der Waals surface area contributed by atoms with Crippen LogP contribution < -0.4 is 0 Å². The Balaban J connectivity index is 4.12. The van der Waals surface area contributed by atoms with Crippen LogP contribution in [0, 0.1) is 5.92 Å². The molecule has 0 spiro atoms. The van der Waals surface area contributed by atoms with Crippen LogP contribution in [0.15, 0.2) is 16.0 Å². The number of rotatable bonds is 2. The lowest BCUT2D eigenvalue weighted by atomic mass is 10.2. The Morgan fingerprint density at radius 2 is 2.00 bits per heavy atom. The van der Waals surface area contributed by atoms with E-state index in [4.69, 9.17) is 0 Å². The average Bonchev–Trinajstić information content (AvgIpc) is 1.99. The third kappa shape index (κ3) is 4.25. The van der Waals surface area contributed by atoms with E-state index in [-0.39, 0.29) is 0 Å². The van der Waals surface area contributed by atoms with Gasteiger partial charge in [0.05, 0.1) is 5.04 Å². The van der Waals surface area contributed by atoms with Gasteiger partial charge in [-0.2, -0.15) is 0 Å². The van der Waals surface area contributed by atoms with Crippen LogP contribution in [-0.4, -0.2) is 12.1 Å². The van der Waals surface area contributed by atoms with Crippen LogP contribution in [0.2, 0.25) is 0 Å². The van der Waals surface area contributed by atoms with E-state index >= 15 is 0 Å². The summed E-state index contributed by atoms with van der Waals surface area (Å²) in [6.07, 6.45) is 2.16. The average molecular weight is 171 g/mol. The largest absolute Gasteiger partial charge is 0.286 e. The van der Waals surface area contributed by atoms with Crippen molar-refractivity contribution >= 4 is 16.8 Å². The first kappa shape index (κ1) is 10.8. The Labute approximate surface area is 74.0 Å². The van der Waals surface area contributed by atoms with Gasteiger partial charge in [0.1, 0.15) is 0 Å². The topological polar surface area (TPSA) is 12.4 Å². The molecule has 0 aromatic rings. The molecule has 0 saturated carbocycles. The number of hydrogen-bond acceptors (Lipinski definition) is 2. The van der Waals surface area contributed by atoms with Crippen LogP contribution >= 0.6 is 11.8 Å². The summed E-state index contributed by atoms with van der Waals surface area (Å²) in [5.74, 6) is 0.613. The second-order valence-electron chi connectivity index (χ2n) is 2.69. The van der Waals surface area contributed by atoms with Crippen molar-refractivity contribution in [2.45, 2.75) is 27.7 Å². The quantitative estimate of drug-likeness (QED) is 0.458. The van der Waals surface area contributed by atoms with Crippen molar-refractivity contribution in [1.82, 2.24) is 0 Å². The molecule has 0 atom stereocenters. The molecule has 0 aromatic carbocycles. The summed E-state index contributed by atoms with van der Waals surface area (Å²) in [6.45, 7) is 8.51. The van der Waals surface area contributed by atoms with Crippen LogP contribution in [0.25, 0.3) is 0 Å². The van der Waals surface area contributed by atoms with Crippen molar-refractivity contribution in [1.29, 1.82) is 0 Å². The van der Waals surface area contributed by atoms with Gasteiger partial charge in [0.25, 0.3) is 0 Å². The Morgan fingerprint density at radius 3 is 2.27 bits per heavy atom. The maximum Gasteiger partial charge on any atom is 0.0685 e. The summed E-state index contributed by atoms with van der Waals surface area (Å²) in [6, 6.07) is 0. The van der Waals surface area contributed by atoms with Crippen LogP contribution in [-0.2, 0) is 0 Å². The highest BCUT2D eigenvalue weighted by Crippen LogP contribution is 2.24. The molecule has 1 nitrogen and oxygen atoms in total. The van der Waals surface area contributed by atoms with Crippen molar-refractivity contribution in [3.8, 4) is 0 Å². The summed E-state index contributed by atoms with van der Waals surface area (Å²) in [5.41, 5.74) is 0. The highest BCUT2D eigenvalue weighted by atomic mass is 32.2. The molecule has 0 aliphatic carbocycles. The minimum absolute atomic E-state index is 0.613. The molecule has 0 amide bonds. The Bertz CT molecular complexity index is 168. The zero-order valence-corrected chi connectivity index (χ0v) is 8.83. The molecule has 0 saturated heterocycles. The van der Waals surface area contributed by atoms with Crippen molar-refractivity contribution < 1.29 is 0 Å². The number of hydrogen-bond donors (Lipinski definition) is 0. The summed E-state index contributed by atoms with van der Waals surface area (Å²) in [5, 5.41) is 1.13. The van der Waals surface area contributed by atoms with Gasteiger partial charge in [-0.3, -0.25) is 4.99 Å². The van der Waals surface area contributed by atoms with Crippen LogP contribution in [0.5, 0.6) is 0 Å². The fraction of sp³-hybridized carbons (Fsp3) is 0.667.